The SMILES string of the molecule is CCCCNC1=CC(=O)C=C(C[C@]2(C)[C@@H](C)CC[C@]3(C)C(C)=CCC[C@@H]23)C1=O. The molecule has 3 aliphatic rings. The smallest absolute Gasteiger partial charge is 0.205 e. The fourth-order valence-corrected chi connectivity index (χ4v) is 5.94. The Balaban J connectivity index is 1.85. The monoisotopic (exact) mass is 383 g/mol. The highest BCUT2D eigenvalue weighted by Crippen LogP contribution is 2.62. The summed E-state index contributed by atoms with van der Waals surface area (Å²) >= 11 is 0. The van der Waals surface area contributed by atoms with Crippen molar-refractivity contribution in [3.05, 3.63) is 35.1 Å². The van der Waals surface area contributed by atoms with Gasteiger partial charge in [0, 0.05) is 18.2 Å². The lowest BCUT2D eigenvalue weighted by Gasteiger charge is -2.58. The molecule has 0 bridgehead atoms. The van der Waals surface area contributed by atoms with Crippen molar-refractivity contribution in [2.75, 3.05) is 6.54 Å². The zero-order chi connectivity index (χ0) is 20.5. The van der Waals surface area contributed by atoms with E-state index in [1.54, 1.807) is 6.08 Å². The van der Waals surface area contributed by atoms with Crippen LogP contribution in [0.25, 0.3) is 0 Å². The number of hydrogen-bond acceptors (Lipinski definition) is 3. The van der Waals surface area contributed by atoms with Crippen LogP contribution in [0.3, 0.4) is 0 Å². The number of Topliss-reactive ketones (excluding diaryl/α,β-unsaturated/α-hetero) is 1. The Morgan fingerprint density at radius 2 is 1.93 bits per heavy atom. The summed E-state index contributed by atoms with van der Waals surface area (Å²) < 4.78 is 0. The van der Waals surface area contributed by atoms with Crippen LogP contribution < -0.4 is 5.32 Å². The van der Waals surface area contributed by atoms with Gasteiger partial charge in [0.1, 0.15) is 0 Å². The van der Waals surface area contributed by atoms with Crippen molar-refractivity contribution in [2.24, 2.45) is 22.7 Å². The molecule has 1 saturated carbocycles. The van der Waals surface area contributed by atoms with Gasteiger partial charge in [0.15, 0.2) is 5.78 Å². The number of nitrogens with one attached hydrogen (secondary N) is 1. The van der Waals surface area contributed by atoms with E-state index in [1.165, 1.54) is 30.9 Å². The lowest BCUT2D eigenvalue weighted by molar-refractivity contribution is -0.116. The predicted molar refractivity (Wildman–Crippen MR) is 115 cm³/mol. The molecule has 1 fully saturated rings. The van der Waals surface area contributed by atoms with Gasteiger partial charge in [-0.05, 0) is 74.2 Å². The number of rotatable bonds is 6. The molecule has 0 aromatic carbocycles. The Labute approximate surface area is 170 Å². The van der Waals surface area contributed by atoms with Crippen LogP contribution in [-0.4, -0.2) is 18.1 Å². The third-order valence-corrected chi connectivity index (χ3v) is 8.15. The average molecular weight is 384 g/mol. The number of unbranched alkanes of at least 4 members (excludes halogenated alkanes) is 1. The van der Waals surface area contributed by atoms with Crippen LogP contribution in [0.2, 0.25) is 0 Å². The van der Waals surface area contributed by atoms with E-state index in [0.29, 0.717) is 29.5 Å². The van der Waals surface area contributed by atoms with Gasteiger partial charge >= 0.3 is 0 Å². The maximum Gasteiger partial charge on any atom is 0.205 e. The second-order valence-corrected chi connectivity index (χ2v) is 9.80. The lowest BCUT2D eigenvalue weighted by Crippen LogP contribution is -2.50. The minimum absolute atomic E-state index is 0.0273. The molecule has 0 aromatic heterocycles. The topological polar surface area (TPSA) is 46.2 Å². The molecule has 3 nitrogen and oxygen atoms in total. The van der Waals surface area contributed by atoms with Gasteiger partial charge in [0.25, 0.3) is 0 Å². The van der Waals surface area contributed by atoms with Gasteiger partial charge in [-0.2, -0.15) is 0 Å². The summed E-state index contributed by atoms with van der Waals surface area (Å²) in [7, 11) is 0. The molecule has 0 unspecified atom stereocenters. The van der Waals surface area contributed by atoms with E-state index < -0.39 is 0 Å². The molecule has 0 heterocycles. The number of carbonyl (C=O) groups excluding carboxylic acids is 2. The first kappa shape index (κ1) is 21.1. The molecule has 0 radical (unpaired) electrons. The van der Waals surface area contributed by atoms with Crippen LogP contribution in [0.1, 0.15) is 79.6 Å². The summed E-state index contributed by atoms with van der Waals surface area (Å²) in [5.74, 6) is 1.07. The molecule has 3 rings (SSSR count). The van der Waals surface area contributed by atoms with E-state index in [0.717, 1.165) is 25.8 Å². The Hall–Kier alpha value is -1.64. The molecular formula is C25H37NO2. The molecule has 3 aliphatic carbocycles. The van der Waals surface area contributed by atoms with Crippen molar-refractivity contribution in [2.45, 2.75) is 79.6 Å². The largest absolute Gasteiger partial charge is 0.382 e. The molecule has 4 atom stereocenters. The normalized spacial score (nSPS) is 35.7. The number of fused-ring (bicyclic) bond motifs is 1. The summed E-state index contributed by atoms with van der Waals surface area (Å²) in [6.07, 6.45) is 13.0. The van der Waals surface area contributed by atoms with Crippen LogP contribution in [0.5, 0.6) is 0 Å². The third-order valence-electron chi connectivity index (χ3n) is 8.15. The first-order valence-corrected chi connectivity index (χ1v) is 11.1. The molecule has 3 heteroatoms. The molecule has 0 saturated heterocycles. The molecule has 154 valence electrons. The average Bonchev–Trinajstić information content (AvgIpc) is 2.64. The zero-order valence-electron chi connectivity index (χ0n) is 18.4. The van der Waals surface area contributed by atoms with Crippen molar-refractivity contribution in [1.29, 1.82) is 0 Å². The van der Waals surface area contributed by atoms with Gasteiger partial charge in [-0.15, -0.1) is 0 Å². The molecule has 1 N–H and O–H groups in total. The first-order valence-electron chi connectivity index (χ1n) is 11.1. The van der Waals surface area contributed by atoms with Crippen molar-refractivity contribution < 1.29 is 9.59 Å². The summed E-state index contributed by atoms with van der Waals surface area (Å²) in [6.45, 7) is 12.3. The quantitative estimate of drug-likeness (QED) is 0.373. The van der Waals surface area contributed by atoms with Gasteiger partial charge in [-0.25, -0.2) is 0 Å². The van der Waals surface area contributed by atoms with E-state index >= 15 is 0 Å². The van der Waals surface area contributed by atoms with Crippen molar-refractivity contribution in [3.63, 3.8) is 0 Å². The number of allylic oxidation sites excluding steroid dienone is 5. The minimum atomic E-state index is -0.0526. The summed E-state index contributed by atoms with van der Waals surface area (Å²) in [6, 6.07) is 0. The Bertz CT molecular complexity index is 744. The Morgan fingerprint density at radius 3 is 2.64 bits per heavy atom. The predicted octanol–water partition coefficient (Wildman–Crippen LogP) is 5.53. The number of ketones is 2. The van der Waals surface area contributed by atoms with Gasteiger partial charge in [-0.3, -0.25) is 9.59 Å². The molecule has 0 aromatic rings. The minimum Gasteiger partial charge on any atom is -0.382 e. The summed E-state index contributed by atoms with van der Waals surface area (Å²) in [5.41, 5.74) is 2.97. The number of hydrogen-bond donors (Lipinski definition) is 1. The molecule has 0 aliphatic heterocycles. The second-order valence-electron chi connectivity index (χ2n) is 9.80. The van der Waals surface area contributed by atoms with Crippen LogP contribution >= 0.6 is 0 Å². The summed E-state index contributed by atoms with van der Waals surface area (Å²) in [4.78, 5) is 25.5. The number of carbonyl (C=O) groups is 2. The van der Waals surface area contributed by atoms with E-state index in [2.05, 4.69) is 46.0 Å². The summed E-state index contributed by atoms with van der Waals surface area (Å²) in [5, 5.41) is 3.21. The fourth-order valence-electron chi connectivity index (χ4n) is 5.94. The zero-order valence-corrected chi connectivity index (χ0v) is 18.4. The molecule has 28 heavy (non-hydrogen) atoms. The Kier molecular flexibility index (Phi) is 6.03. The van der Waals surface area contributed by atoms with Gasteiger partial charge in [0.2, 0.25) is 5.78 Å². The van der Waals surface area contributed by atoms with Crippen LogP contribution in [-0.2, 0) is 9.59 Å². The molecule has 0 spiro atoms. The van der Waals surface area contributed by atoms with E-state index in [-0.39, 0.29) is 22.4 Å². The lowest BCUT2D eigenvalue weighted by atomic mass is 9.46. The highest BCUT2D eigenvalue weighted by molar-refractivity contribution is 6.20. The van der Waals surface area contributed by atoms with Gasteiger partial charge < -0.3 is 5.32 Å². The molecule has 0 amide bonds. The third kappa shape index (κ3) is 3.65. The van der Waals surface area contributed by atoms with Crippen molar-refractivity contribution in [1.82, 2.24) is 5.32 Å². The van der Waals surface area contributed by atoms with Crippen LogP contribution in [0, 0.1) is 22.7 Å². The fraction of sp³-hybridized carbons (Fsp3) is 0.680. The highest BCUT2D eigenvalue weighted by atomic mass is 16.1. The van der Waals surface area contributed by atoms with Crippen LogP contribution in [0.15, 0.2) is 35.1 Å². The second kappa shape index (κ2) is 8.00. The van der Waals surface area contributed by atoms with E-state index in [1.807, 2.05) is 0 Å². The standard InChI is InChI=1S/C25H37NO2/c1-6-7-13-26-21-15-20(27)14-19(23(21)28)16-25(5)18(3)11-12-24(4)17(2)9-8-10-22(24)25/h9,14-15,18,22,26H,6-8,10-13,16H2,1-5H3/t18-,22+,24+,25+/m0/s1. The van der Waals surface area contributed by atoms with Crippen LogP contribution in [0.4, 0.5) is 0 Å². The first-order chi connectivity index (χ1) is 13.2. The van der Waals surface area contributed by atoms with E-state index in [4.69, 9.17) is 0 Å². The maximum absolute atomic E-state index is 13.1. The Morgan fingerprint density at radius 1 is 1.18 bits per heavy atom. The van der Waals surface area contributed by atoms with Gasteiger partial charge in [-0.1, -0.05) is 45.8 Å². The van der Waals surface area contributed by atoms with Crippen molar-refractivity contribution in [3.8, 4) is 0 Å². The molecular weight excluding hydrogens is 346 g/mol. The van der Waals surface area contributed by atoms with E-state index in [9.17, 15) is 9.59 Å². The maximum atomic E-state index is 13.1. The highest BCUT2D eigenvalue weighted by Gasteiger charge is 2.53. The van der Waals surface area contributed by atoms with Crippen molar-refractivity contribution >= 4 is 11.6 Å². The van der Waals surface area contributed by atoms with Gasteiger partial charge in [0.05, 0.1) is 5.70 Å².